The fraction of sp³-hybridized carbons (Fsp3) is 0.333. The van der Waals surface area contributed by atoms with E-state index in [1.54, 1.807) is 42.5 Å². The number of anilines is 1. The van der Waals surface area contributed by atoms with Crippen molar-refractivity contribution in [1.29, 1.82) is 0 Å². The molecule has 0 bridgehead atoms. The molecular formula is C30H34Cl3N3O4S. The lowest BCUT2D eigenvalue weighted by atomic mass is 10.0. The van der Waals surface area contributed by atoms with E-state index in [9.17, 15) is 18.0 Å². The summed E-state index contributed by atoms with van der Waals surface area (Å²) in [6, 6.07) is 20.0. The molecule has 0 aromatic heterocycles. The van der Waals surface area contributed by atoms with Crippen LogP contribution in [0.2, 0.25) is 15.1 Å². The number of amides is 2. The number of rotatable bonds is 13. The molecule has 41 heavy (non-hydrogen) atoms. The van der Waals surface area contributed by atoms with Crippen molar-refractivity contribution in [2.24, 2.45) is 0 Å². The molecule has 0 aliphatic heterocycles. The van der Waals surface area contributed by atoms with Gasteiger partial charge in [-0.05, 0) is 61.7 Å². The van der Waals surface area contributed by atoms with Crippen LogP contribution in [-0.4, -0.2) is 50.0 Å². The van der Waals surface area contributed by atoms with Gasteiger partial charge < -0.3 is 10.2 Å². The van der Waals surface area contributed by atoms with Gasteiger partial charge in [0.1, 0.15) is 6.04 Å². The second-order valence-corrected chi connectivity index (χ2v) is 13.2. The third kappa shape index (κ3) is 9.92. The molecule has 7 nitrogen and oxygen atoms in total. The summed E-state index contributed by atoms with van der Waals surface area (Å²) >= 11 is 18.7. The van der Waals surface area contributed by atoms with Crippen molar-refractivity contribution in [3.05, 3.63) is 99.0 Å². The van der Waals surface area contributed by atoms with Gasteiger partial charge in [0.15, 0.2) is 0 Å². The van der Waals surface area contributed by atoms with Crippen LogP contribution in [0.5, 0.6) is 0 Å². The molecule has 11 heteroatoms. The third-order valence-electron chi connectivity index (χ3n) is 6.31. The summed E-state index contributed by atoms with van der Waals surface area (Å²) in [6.07, 6.45) is 1.61. The van der Waals surface area contributed by atoms with E-state index in [-0.39, 0.29) is 50.2 Å². The average molecular weight is 639 g/mol. The molecule has 0 saturated carbocycles. The summed E-state index contributed by atoms with van der Waals surface area (Å²) in [6.45, 7) is 3.84. The molecule has 2 amide bonds. The average Bonchev–Trinajstić information content (AvgIpc) is 2.89. The van der Waals surface area contributed by atoms with Gasteiger partial charge in [-0.2, -0.15) is 0 Å². The van der Waals surface area contributed by atoms with Crippen LogP contribution < -0.4 is 9.62 Å². The maximum Gasteiger partial charge on any atom is 0.243 e. The summed E-state index contributed by atoms with van der Waals surface area (Å²) in [7, 11) is -3.64. The Labute approximate surface area is 257 Å². The summed E-state index contributed by atoms with van der Waals surface area (Å²) in [5, 5.41) is 4.18. The number of carbonyl (C=O) groups is 2. The van der Waals surface area contributed by atoms with Crippen LogP contribution in [0.3, 0.4) is 0 Å². The van der Waals surface area contributed by atoms with Crippen molar-refractivity contribution in [1.82, 2.24) is 10.2 Å². The Morgan fingerprint density at radius 2 is 1.59 bits per heavy atom. The minimum absolute atomic E-state index is 0.00194. The number of nitrogens with zero attached hydrogens (tertiary/aromatic N) is 2. The van der Waals surface area contributed by atoms with E-state index in [2.05, 4.69) is 5.32 Å². The van der Waals surface area contributed by atoms with E-state index in [0.717, 1.165) is 11.8 Å². The van der Waals surface area contributed by atoms with Crippen LogP contribution >= 0.6 is 34.8 Å². The van der Waals surface area contributed by atoms with E-state index < -0.39 is 16.1 Å². The van der Waals surface area contributed by atoms with Gasteiger partial charge in [0.25, 0.3) is 0 Å². The second kappa shape index (κ2) is 14.9. The largest absolute Gasteiger partial charge is 0.352 e. The monoisotopic (exact) mass is 637 g/mol. The second-order valence-electron chi connectivity index (χ2n) is 10.0. The maximum absolute atomic E-state index is 13.9. The zero-order valence-corrected chi connectivity index (χ0v) is 26.3. The Morgan fingerprint density at radius 3 is 2.20 bits per heavy atom. The molecule has 3 aromatic rings. The van der Waals surface area contributed by atoms with Crippen molar-refractivity contribution >= 4 is 62.3 Å². The maximum atomic E-state index is 13.9. The molecule has 220 valence electrons. The van der Waals surface area contributed by atoms with Crippen LogP contribution in [0.15, 0.2) is 72.8 Å². The summed E-state index contributed by atoms with van der Waals surface area (Å²) in [5.74, 6) is -0.602. The molecule has 3 rings (SSSR count). The fourth-order valence-corrected chi connectivity index (χ4v) is 6.01. The minimum atomic E-state index is -3.64. The molecule has 0 aliphatic rings. The van der Waals surface area contributed by atoms with Gasteiger partial charge in [0, 0.05) is 47.0 Å². The highest BCUT2D eigenvalue weighted by Gasteiger charge is 2.31. The molecule has 0 spiro atoms. The smallest absolute Gasteiger partial charge is 0.243 e. The van der Waals surface area contributed by atoms with Crippen molar-refractivity contribution in [3.63, 3.8) is 0 Å². The van der Waals surface area contributed by atoms with Crippen molar-refractivity contribution < 1.29 is 18.0 Å². The van der Waals surface area contributed by atoms with Crippen LogP contribution in [0.25, 0.3) is 0 Å². The van der Waals surface area contributed by atoms with Crippen molar-refractivity contribution in [2.45, 2.75) is 51.7 Å². The molecular weight excluding hydrogens is 605 g/mol. The SMILES string of the molecule is CC(C)NC(=O)[C@@H](Cc1ccccc1)N(Cc1ccc(Cl)cc1Cl)C(=O)CCCN(c1cccc(Cl)c1)S(C)(=O)=O. The standard InChI is InChI=1S/C30H34Cl3N3O4S/c1-21(2)34-30(38)28(17-22-9-5-4-6-10-22)35(20-23-14-15-25(32)19-27(23)33)29(37)13-8-16-36(41(3,39)40)26-12-7-11-24(31)18-26/h4-7,9-12,14-15,18-19,21,28H,8,13,16-17,20H2,1-3H3,(H,34,38)/t28-/m1/s1. The van der Waals surface area contributed by atoms with Crippen LogP contribution in [0.1, 0.15) is 37.8 Å². The Bertz CT molecular complexity index is 1450. The van der Waals surface area contributed by atoms with Crippen LogP contribution in [0, 0.1) is 0 Å². The zero-order valence-electron chi connectivity index (χ0n) is 23.2. The summed E-state index contributed by atoms with van der Waals surface area (Å²) < 4.78 is 26.4. The molecule has 1 N–H and O–H groups in total. The lowest BCUT2D eigenvalue weighted by molar-refractivity contribution is -0.141. The molecule has 3 aromatic carbocycles. The third-order valence-corrected chi connectivity index (χ3v) is 8.32. The van der Waals surface area contributed by atoms with E-state index in [1.807, 2.05) is 44.2 Å². The quantitative estimate of drug-likeness (QED) is 0.236. The first kappa shape index (κ1) is 32.7. The molecule has 0 aliphatic carbocycles. The highest BCUT2D eigenvalue weighted by molar-refractivity contribution is 7.92. The Balaban J connectivity index is 1.91. The van der Waals surface area contributed by atoms with Crippen molar-refractivity contribution in [3.8, 4) is 0 Å². The van der Waals surface area contributed by atoms with Gasteiger partial charge in [0.2, 0.25) is 21.8 Å². The molecule has 0 saturated heterocycles. The molecule has 0 radical (unpaired) electrons. The van der Waals surface area contributed by atoms with Gasteiger partial charge in [-0.15, -0.1) is 0 Å². The van der Waals surface area contributed by atoms with E-state index >= 15 is 0 Å². The van der Waals surface area contributed by atoms with Gasteiger partial charge in [-0.25, -0.2) is 8.42 Å². The lowest BCUT2D eigenvalue weighted by Crippen LogP contribution is -2.51. The number of carbonyl (C=O) groups excluding carboxylic acids is 2. The number of nitrogens with one attached hydrogen (secondary N) is 1. The fourth-order valence-electron chi connectivity index (χ4n) is 4.40. The topological polar surface area (TPSA) is 86.8 Å². The zero-order chi connectivity index (χ0) is 30.2. The predicted octanol–water partition coefficient (Wildman–Crippen LogP) is 6.36. The molecule has 1 atom stereocenters. The highest BCUT2D eigenvalue weighted by Crippen LogP contribution is 2.26. The predicted molar refractivity (Wildman–Crippen MR) is 167 cm³/mol. The van der Waals surface area contributed by atoms with Crippen LogP contribution in [0.4, 0.5) is 5.69 Å². The van der Waals surface area contributed by atoms with Crippen LogP contribution in [-0.2, 0) is 32.6 Å². The molecule has 0 fully saturated rings. The number of hydrogen-bond acceptors (Lipinski definition) is 4. The normalized spacial score (nSPS) is 12.2. The lowest BCUT2D eigenvalue weighted by Gasteiger charge is -2.32. The first-order valence-corrected chi connectivity index (χ1v) is 16.1. The minimum Gasteiger partial charge on any atom is -0.352 e. The summed E-state index contributed by atoms with van der Waals surface area (Å²) in [4.78, 5) is 28.9. The van der Waals surface area contributed by atoms with E-state index in [4.69, 9.17) is 34.8 Å². The van der Waals surface area contributed by atoms with E-state index in [0.29, 0.717) is 26.3 Å². The summed E-state index contributed by atoms with van der Waals surface area (Å²) in [5.41, 5.74) is 1.94. The number of hydrogen-bond donors (Lipinski definition) is 1. The van der Waals surface area contributed by atoms with Gasteiger partial charge >= 0.3 is 0 Å². The highest BCUT2D eigenvalue weighted by atomic mass is 35.5. The van der Waals surface area contributed by atoms with E-state index in [1.165, 1.54) is 9.21 Å². The first-order chi connectivity index (χ1) is 19.3. The van der Waals surface area contributed by atoms with Gasteiger partial charge in [-0.3, -0.25) is 13.9 Å². The van der Waals surface area contributed by atoms with Gasteiger partial charge in [0.05, 0.1) is 11.9 Å². The Morgan fingerprint density at radius 1 is 0.902 bits per heavy atom. The van der Waals surface area contributed by atoms with Gasteiger partial charge in [-0.1, -0.05) is 77.3 Å². The number of benzene rings is 3. The van der Waals surface area contributed by atoms with Crippen molar-refractivity contribution in [2.75, 3.05) is 17.1 Å². The number of halogens is 3. The first-order valence-electron chi connectivity index (χ1n) is 13.2. The molecule has 0 unspecified atom stereocenters. The molecule has 0 heterocycles. The Kier molecular flexibility index (Phi) is 11.9. The number of sulfonamides is 1. The Hall–Kier alpha value is -2.78.